The fraction of sp³-hybridized carbons (Fsp3) is 0.385. The maximum atomic E-state index is 2.28. The molecule has 0 radical (unpaired) electrons. The highest BCUT2D eigenvalue weighted by Crippen LogP contribution is 2.00. The van der Waals surface area contributed by atoms with E-state index < -0.39 is 0 Å². The molecule has 0 N–H and O–H groups in total. The highest BCUT2D eigenvalue weighted by atomic mass is 13.9. The highest BCUT2D eigenvalue weighted by molar-refractivity contribution is 5.05. The van der Waals surface area contributed by atoms with Gasteiger partial charge in [0.25, 0.3) is 0 Å². The number of hydrogen-bond donors (Lipinski definition) is 0. The molecule has 0 aromatic carbocycles. The second kappa shape index (κ2) is 7.60. The van der Waals surface area contributed by atoms with Crippen molar-refractivity contribution < 1.29 is 0 Å². The summed E-state index contributed by atoms with van der Waals surface area (Å²) < 4.78 is 0. The molecule has 0 heterocycles. The molecule has 13 heavy (non-hydrogen) atoms. The standard InChI is InChI=1S/C13H18/c1-2-4-6-8-10-12-13-11-9-7-5-3-1/h1-4,7,9-10,12H,5-6,8,11,13H2/b3-1+,4-2-,9-7+,12-10-. The second-order valence-corrected chi connectivity index (χ2v) is 3.19. The van der Waals surface area contributed by atoms with Crippen LogP contribution in [0.2, 0.25) is 0 Å². The monoisotopic (exact) mass is 174 g/mol. The van der Waals surface area contributed by atoms with Crippen molar-refractivity contribution in [2.45, 2.75) is 32.1 Å². The molecular weight excluding hydrogens is 156 g/mol. The summed E-state index contributed by atoms with van der Waals surface area (Å²) in [5.41, 5.74) is 0. The van der Waals surface area contributed by atoms with Crippen LogP contribution in [0.15, 0.2) is 48.6 Å². The average molecular weight is 174 g/mol. The van der Waals surface area contributed by atoms with Gasteiger partial charge in [0, 0.05) is 0 Å². The van der Waals surface area contributed by atoms with Crippen LogP contribution >= 0.6 is 0 Å². The minimum atomic E-state index is 1.06. The Morgan fingerprint density at radius 2 is 1.00 bits per heavy atom. The molecule has 0 heteroatoms. The topological polar surface area (TPSA) is 0 Å². The third-order valence-corrected chi connectivity index (χ3v) is 1.99. The molecule has 0 atom stereocenters. The Labute approximate surface area is 81.4 Å². The van der Waals surface area contributed by atoms with E-state index in [1.165, 1.54) is 19.3 Å². The minimum Gasteiger partial charge on any atom is -0.0882 e. The Morgan fingerprint density at radius 3 is 1.77 bits per heavy atom. The first kappa shape index (κ1) is 10.0. The molecule has 1 aliphatic carbocycles. The van der Waals surface area contributed by atoms with Crippen LogP contribution in [-0.4, -0.2) is 0 Å². The van der Waals surface area contributed by atoms with Crippen molar-refractivity contribution >= 4 is 0 Å². The molecule has 0 fully saturated rings. The van der Waals surface area contributed by atoms with Crippen LogP contribution in [-0.2, 0) is 0 Å². The van der Waals surface area contributed by atoms with Crippen molar-refractivity contribution in [3.8, 4) is 0 Å². The van der Waals surface area contributed by atoms with E-state index in [9.17, 15) is 0 Å². The summed E-state index contributed by atoms with van der Waals surface area (Å²) >= 11 is 0. The lowest BCUT2D eigenvalue weighted by molar-refractivity contribution is 1.00. The summed E-state index contributed by atoms with van der Waals surface area (Å²) in [7, 11) is 0. The normalized spacial score (nSPS) is 28.9. The molecule has 0 aromatic heterocycles. The number of allylic oxidation sites excluding steroid dienone is 8. The van der Waals surface area contributed by atoms with Gasteiger partial charge in [0.05, 0.1) is 0 Å². The highest BCUT2D eigenvalue weighted by Gasteiger charge is 1.79. The molecule has 0 saturated carbocycles. The molecule has 0 unspecified atom stereocenters. The summed E-state index contributed by atoms with van der Waals surface area (Å²) in [4.78, 5) is 0. The lowest BCUT2D eigenvalue weighted by Crippen LogP contribution is -1.66. The number of hydrogen-bond acceptors (Lipinski definition) is 0. The van der Waals surface area contributed by atoms with Crippen LogP contribution in [0.5, 0.6) is 0 Å². The van der Waals surface area contributed by atoms with E-state index in [0.29, 0.717) is 0 Å². The van der Waals surface area contributed by atoms with Crippen LogP contribution in [0.4, 0.5) is 0 Å². The Balaban J connectivity index is 2.38. The largest absolute Gasteiger partial charge is 0.0882 e. The molecular formula is C13H18. The molecule has 70 valence electrons. The third kappa shape index (κ3) is 6.15. The van der Waals surface area contributed by atoms with Crippen LogP contribution in [0.25, 0.3) is 0 Å². The quantitative estimate of drug-likeness (QED) is 0.483. The Bertz CT molecular complexity index is 216. The zero-order valence-corrected chi connectivity index (χ0v) is 8.15. The van der Waals surface area contributed by atoms with Gasteiger partial charge in [-0.3, -0.25) is 0 Å². The first-order valence-corrected chi connectivity index (χ1v) is 5.12. The van der Waals surface area contributed by atoms with Gasteiger partial charge in [-0.1, -0.05) is 48.6 Å². The van der Waals surface area contributed by atoms with Gasteiger partial charge < -0.3 is 0 Å². The Kier molecular flexibility index (Phi) is 5.87. The van der Waals surface area contributed by atoms with E-state index in [4.69, 9.17) is 0 Å². The van der Waals surface area contributed by atoms with Gasteiger partial charge in [-0.2, -0.15) is 0 Å². The molecule has 1 aliphatic rings. The van der Waals surface area contributed by atoms with Gasteiger partial charge in [-0.25, -0.2) is 0 Å². The molecule has 0 aliphatic heterocycles. The first-order valence-electron chi connectivity index (χ1n) is 5.12. The Morgan fingerprint density at radius 1 is 0.462 bits per heavy atom. The fourth-order valence-corrected chi connectivity index (χ4v) is 1.25. The van der Waals surface area contributed by atoms with Gasteiger partial charge in [-0.15, -0.1) is 0 Å². The molecule has 0 bridgehead atoms. The summed E-state index contributed by atoms with van der Waals surface area (Å²) in [5, 5.41) is 0. The van der Waals surface area contributed by atoms with E-state index >= 15 is 0 Å². The van der Waals surface area contributed by atoms with Crippen molar-refractivity contribution in [3.05, 3.63) is 48.6 Å². The lowest BCUT2D eigenvalue weighted by atomic mass is 10.2. The molecule has 0 nitrogen and oxygen atoms in total. The Hall–Kier alpha value is -1.04. The molecule has 1 rings (SSSR count). The predicted molar refractivity (Wildman–Crippen MR) is 59.6 cm³/mol. The van der Waals surface area contributed by atoms with Crippen molar-refractivity contribution in [3.63, 3.8) is 0 Å². The fourth-order valence-electron chi connectivity index (χ4n) is 1.25. The summed E-state index contributed by atoms with van der Waals surface area (Å²) in [6.45, 7) is 0. The third-order valence-electron chi connectivity index (χ3n) is 1.99. The summed E-state index contributed by atoms with van der Waals surface area (Å²) in [6.07, 6.45) is 23.5. The van der Waals surface area contributed by atoms with Crippen molar-refractivity contribution in [1.82, 2.24) is 0 Å². The molecule has 0 aromatic rings. The average Bonchev–Trinajstić information content (AvgIpc) is 2.18. The van der Waals surface area contributed by atoms with Gasteiger partial charge in [-0.05, 0) is 32.1 Å². The number of rotatable bonds is 0. The summed E-state index contributed by atoms with van der Waals surface area (Å²) in [5.74, 6) is 0. The van der Waals surface area contributed by atoms with E-state index in [1.807, 2.05) is 0 Å². The predicted octanol–water partition coefficient (Wildman–Crippen LogP) is 4.18. The zero-order chi connectivity index (χ0) is 9.19. The van der Waals surface area contributed by atoms with Gasteiger partial charge in [0.1, 0.15) is 0 Å². The minimum absolute atomic E-state index is 1.06. The second-order valence-electron chi connectivity index (χ2n) is 3.19. The molecule has 0 spiro atoms. The van der Waals surface area contributed by atoms with E-state index in [1.54, 1.807) is 0 Å². The van der Waals surface area contributed by atoms with Crippen LogP contribution in [0.3, 0.4) is 0 Å². The summed E-state index contributed by atoms with van der Waals surface area (Å²) in [6, 6.07) is 0. The molecule has 0 saturated heterocycles. The smallest absolute Gasteiger partial charge is 0.0166 e. The van der Waals surface area contributed by atoms with E-state index in [0.717, 1.165) is 12.8 Å². The van der Waals surface area contributed by atoms with Crippen molar-refractivity contribution in [1.29, 1.82) is 0 Å². The maximum absolute atomic E-state index is 2.28. The molecule has 0 amide bonds. The lowest BCUT2D eigenvalue weighted by Gasteiger charge is -1.87. The van der Waals surface area contributed by atoms with Gasteiger partial charge in [0.15, 0.2) is 0 Å². The SMILES string of the molecule is C1=C\CC/C=C\CC/C=C/C/C=C/1. The van der Waals surface area contributed by atoms with Crippen molar-refractivity contribution in [2.24, 2.45) is 0 Å². The maximum Gasteiger partial charge on any atom is -0.0166 e. The first-order chi connectivity index (χ1) is 6.50. The van der Waals surface area contributed by atoms with Crippen LogP contribution in [0, 0.1) is 0 Å². The zero-order valence-electron chi connectivity index (χ0n) is 8.15. The van der Waals surface area contributed by atoms with Crippen molar-refractivity contribution in [2.75, 3.05) is 0 Å². The van der Waals surface area contributed by atoms with Gasteiger partial charge >= 0.3 is 0 Å². The van der Waals surface area contributed by atoms with E-state index in [2.05, 4.69) is 48.6 Å². The van der Waals surface area contributed by atoms with Gasteiger partial charge in [0.2, 0.25) is 0 Å². The van der Waals surface area contributed by atoms with E-state index in [-0.39, 0.29) is 0 Å². The van der Waals surface area contributed by atoms with Crippen LogP contribution < -0.4 is 0 Å². The van der Waals surface area contributed by atoms with Crippen LogP contribution in [0.1, 0.15) is 32.1 Å².